The van der Waals surface area contributed by atoms with Gasteiger partial charge in [0.05, 0.1) is 6.08 Å². The van der Waals surface area contributed by atoms with Crippen LogP contribution in [0.1, 0.15) is 11.1 Å². The van der Waals surface area contributed by atoms with Crippen LogP contribution in [0.3, 0.4) is 0 Å². The van der Waals surface area contributed by atoms with E-state index in [1.165, 1.54) is 50.2 Å². The van der Waals surface area contributed by atoms with Gasteiger partial charge < -0.3 is 29.5 Å². The maximum Gasteiger partial charge on any atom is 0.375 e. The van der Waals surface area contributed by atoms with Crippen molar-refractivity contribution in [1.82, 2.24) is 0 Å². The highest BCUT2D eigenvalue weighted by molar-refractivity contribution is 5.93. The molecule has 34 heavy (non-hydrogen) atoms. The van der Waals surface area contributed by atoms with Crippen molar-refractivity contribution in [3.05, 3.63) is 83.0 Å². The number of aliphatic carboxylic acids is 3. The Balaban J connectivity index is 0.000000340. The van der Waals surface area contributed by atoms with E-state index in [0.717, 1.165) is 0 Å². The third kappa shape index (κ3) is 8.42. The van der Waals surface area contributed by atoms with Gasteiger partial charge in [-0.25, -0.2) is 23.2 Å². The minimum absolute atomic E-state index is 0.0353. The van der Waals surface area contributed by atoms with Crippen LogP contribution in [0.2, 0.25) is 0 Å². The van der Waals surface area contributed by atoms with Crippen molar-refractivity contribution >= 4 is 24.4 Å². The van der Waals surface area contributed by atoms with Gasteiger partial charge in [0.15, 0.2) is 0 Å². The lowest BCUT2D eigenvalue weighted by Gasteiger charge is -2.08. The SMILES string of the molecule is Cc1c(F)cccc1O/C(=C/C(=O)O)C(=O)O.Cc1c(F)cccc1O/C(=C\OC=O)C(=O)O. The van der Waals surface area contributed by atoms with Crippen LogP contribution in [0.25, 0.3) is 0 Å². The van der Waals surface area contributed by atoms with Crippen molar-refractivity contribution < 1.29 is 57.5 Å². The van der Waals surface area contributed by atoms with Gasteiger partial charge in [0.1, 0.15) is 29.4 Å². The Morgan fingerprint density at radius 1 is 0.794 bits per heavy atom. The third-order valence-electron chi connectivity index (χ3n) is 3.78. The molecule has 180 valence electrons. The van der Waals surface area contributed by atoms with E-state index in [4.69, 9.17) is 24.8 Å². The number of hydrogen-bond acceptors (Lipinski definition) is 7. The minimum Gasteiger partial charge on any atom is -0.478 e. The number of halogens is 2. The number of carbonyl (C=O) groups is 4. The fraction of sp³-hybridized carbons (Fsp3) is 0.0909. The summed E-state index contributed by atoms with van der Waals surface area (Å²) in [6.07, 6.45) is 1.02. The largest absolute Gasteiger partial charge is 0.478 e. The molecule has 2 aromatic rings. The van der Waals surface area contributed by atoms with Crippen LogP contribution < -0.4 is 9.47 Å². The summed E-state index contributed by atoms with van der Waals surface area (Å²) in [6, 6.07) is 7.85. The molecule has 0 unspecified atom stereocenters. The summed E-state index contributed by atoms with van der Waals surface area (Å²) in [5.74, 6) is -6.95. The zero-order valence-electron chi connectivity index (χ0n) is 17.7. The summed E-state index contributed by atoms with van der Waals surface area (Å²) < 4.78 is 40.2. The van der Waals surface area contributed by atoms with Crippen LogP contribution in [-0.2, 0) is 23.9 Å². The van der Waals surface area contributed by atoms with E-state index in [1.807, 2.05) is 0 Å². The number of carboxylic acids is 3. The van der Waals surface area contributed by atoms with Crippen molar-refractivity contribution in [2.24, 2.45) is 0 Å². The highest BCUT2D eigenvalue weighted by Crippen LogP contribution is 2.23. The number of carboxylic acid groups (broad SMARTS) is 3. The Labute approximate surface area is 190 Å². The van der Waals surface area contributed by atoms with E-state index in [1.54, 1.807) is 0 Å². The molecule has 0 atom stereocenters. The molecule has 3 N–H and O–H groups in total. The molecule has 0 heterocycles. The predicted molar refractivity (Wildman–Crippen MR) is 110 cm³/mol. The summed E-state index contributed by atoms with van der Waals surface area (Å²) in [6.45, 7) is 2.88. The van der Waals surface area contributed by atoms with Gasteiger partial charge in [-0.2, -0.15) is 0 Å². The van der Waals surface area contributed by atoms with Gasteiger partial charge in [-0.1, -0.05) is 12.1 Å². The second-order valence-corrected chi connectivity index (χ2v) is 6.10. The molecule has 2 aromatic carbocycles. The van der Waals surface area contributed by atoms with Gasteiger partial charge in [0, 0.05) is 11.1 Å². The summed E-state index contributed by atoms with van der Waals surface area (Å²) >= 11 is 0. The first kappa shape index (κ1) is 27.3. The zero-order valence-corrected chi connectivity index (χ0v) is 17.7. The maximum absolute atomic E-state index is 13.1. The molecule has 0 amide bonds. The van der Waals surface area contributed by atoms with Crippen LogP contribution in [0, 0.1) is 25.5 Å². The Morgan fingerprint density at radius 3 is 1.62 bits per heavy atom. The van der Waals surface area contributed by atoms with Gasteiger partial charge in [-0.05, 0) is 38.1 Å². The van der Waals surface area contributed by atoms with Crippen LogP contribution >= 0.6 is 0 Å². The Morgan fingerprint density at radius 2 is 1.24 bits per heavy atom. The number of carbonyl (C=O) groups excluding carboxylic acids is 1. The molecule has 0 saturated carbocycles. The minimum atomic E-state index is -1.55. The molecule has 0 aliphatic heterocycles. The van der Waals surface area contributed by atoms with E-state index in [2.05, 4.69) is 4.74 Å². The summed E-state index contributed by atoms with van der Waals surface area (Å²) in [7, 11) is 0. The number of ether oxygens (including phenoxy) is 3. The molecule has 0 aromatic heterocycles. The van der Waals surface area contributed by atoms with Crippen molar-refractivity contribution in [1.29, 1.82) is 0 Å². The Hall–Kier alpha value is -4.74. The van der Waals surface area contributed by atoms with Crippen LogP contribution in [0.15, 0.2) is 60.3 Å². The lowest BCUT2D eigenvalue weighted by molar-refractivity contribution is -0.137. The van der Waals surface area contributed by atoms with Gasteiger partial charge in [0.25, 0.3) is 6.47 Å². The lowest BCUT2D eigenvalue weighted by atomic mass is 10.2. The first-order valence-corrected chi connectivity index (χ1v) is 9.04. The first-order valence-electron chi connectivity index (χ1n) is 9.04. The fourth-order valence-electron chi connectivity index (χ4n) is 2.09. The van der Waals surface area contributed by atoms with E-state index >= 15 is 0 Å². The molecule has 0 radical (unpaired) electrons. The highest BCUT2D eigenvalue weighted by atomic mass is 19.1. The smallest absolute Gasteiger partial charge is 0.375 e. The third-order valence-corrected chi connectivity index (χ3v) is 3.78. The fourth-order valence-corrected chi connectivity index (χ4v) is 2.09. The van der Waals surface area contributed by atoms with Gasteiger partial charge in [0.2, 0.25) is 11.5 Å². The second-order valence-electron chi connectivity index (χ2n) is 6.10. The van der Waals surface area contributed by atoms with Gasteiger partial charge in [-0.3, -0.25) is 4.79 Å². The summed E-state index contributed by atoms with van der Waals surface area (Å²) in [5, 5.41) is 25.9. The average molecular weight is 480 g/mol. The van der Waals surface area contributed by atoms with Crippen molar-refractivity contribution in [2.75, 3.05) is 0 Å². The molecule has 0 aliphatic carbocycles. The van der Waals surface area contributed by atoms with Crippen molar-refractivity contribution in [3.63, 3.8) is 0 Å². The lowest BCUT2D eigenvalue weighted by Crippen LogP contribution is -2.11. The molecule has 0 bridgehead atoms. The van der Waals surface area contributed by atoms with E-state index in [9.17, 15) is 28.0 Å². The molecule has 2 rings (SSSR count). The van der Waals surface area contributed by atoms with E-state index in [-0.39, 0.29) is 29.1 Å². The Kier molecular flexibility index (Phi) is 10.4. The molecule has 0 saturated heterocycles. The van der Waals surface area contributed by atoms with E-state index < -0.39 is 41.1 Å². The van der Waals surface area contributed by atoms with E-state index in [0.29, 0.717) is 12.3 Å². The van der Waals surface area contributed by atoms with Crippen LogP contribution in [-0.4, -0.2) is 39.7 Å². The standard InChI is InChI=1S/2C11H9FO5/c1-7-8(12)3-2-4-9(7)17-10(11(14)15)5-16-6-13;1-6-7(12)3-2-4-8(6)17-9(11(15)16)5-10(13)14/h2-6H,1H3,(H,14,15);2-5H,1H3,(H,13,14)(H,15,16)/b10-5-;9-5+. The molecular weight excluding hydrogens is 462 g/mol. The highest BCUT2D eigenvalue weighted by Gasteiger charge is 2.15. The molecule has 0 aliphatic rings. The molecular formula is C22H18F2O10. The average Bonchev–Trinajstić information content (AvgIpc) is 2.76. The van der Waals surface area contributed by atoms with Crippen molar-refractivity contribution in [3.8, 4) is 11.5 Å². The maximum atomic E-state index is 13.1. The van der Waals surface area contributed by atoms with Crippen molar-refractivity contribution in [2.45, 2.75) is 13.8 Å². The molecule has 12 heteroatoms. The topological polar surface area (TPSA) is 157 Å². The van der Waals surface area contributed by atoms with Gasteiger partial charge >= 0.3 is 17.9 Å². The van der Waals surface area contributed by atoms with Crippen LogP contribution in [0.4, 0.5) is 8.78 Å². The zero-order chi connectivity index (χ0) is 25.8. The Bertz CT molecular complexity index is 1140. The summed E-state index contributed by atoms with van der Waals surface area (Å²) in [4.78, 5) is 41.7. The number of benzene rings is 2. The molecule has 0 fully saturated rings. The quantitative estimate of drug-likeness (QED) is 0.277. The second kappa shape index (κ2) is 13.0. The number of rotatable bonds is 9. The van der Waals surface area contributed by atoms with Crippen LogP contribution in [0.5, 0.6) is 11.5 Å². The normalized spacial score (nSPS) is 10.9. The first-order chi connectivity index (χ1) is 16.0. The monoisotopic (exact) mass is 480 g/mol. The number of hydrogen-bond donors (Lipinski definition) is 3. The predicted octanol–water partition coefficient (Wildman–Crippen LogP) is 3.18. The van der Waals surface area contributed by atoms with Gasteiger partial charge in [-0.15, -0.1) is 0 Å². The molecule has 0 spiro atoms. The summed E-state index contributed by atoms with van der Waals surface area (Å²) in [5.41, 5.74) is 0.260. The molecule has 10 nitrogen and oxygen atoms in total.